The molecule has 0 radical (unpaired) electrons. The van der Waals surface area contributed by atoms with Crippen LogP contribution in [0.3, 0.4) is 0 Å². The molecule has 2 saturated heterocycles. The summed E-state index contributed by atoms with van der Waals surface area (Å²) in [6, 6.07) is 2.17. The van der Waals surface area contributed by atoms with Crippen LogP contribution >= 0.6 is 0 Å². The summed E-state index contributed by atoms with van der Waals surface area (Å²) in [5.41, 5.74) is 2.83. The fourth-order valence-corrected chi connectivity index (χ4v) is 2.62. The molecule has 0 unspecified atom stereocenters. The van der Waals surface area contributed by atoms with Gasteiger partial charge in [-0.2, -0.15) is 0 Å². The summed E-state index contributed by atoms with van der Waals surface area (Å²) in [4.78, 5) is 4.44. The minimum absolute atomic E-state index is 0.308. The Hall–Kier alpha value is -0.905. The molecular weight excluding hydrogens is 251 g/mol. The lowest BCUT2D eigenvalue weighted by molar-refractivity contribution is 0.00578. The van der Waals surface area contributed by atoms with Crippen molar-refractivity contribution in [2.24, 2.45) is 0 Å². The zero-order chi connectivity index (χ0) is 14.5. The van der Waals surface area contributed by atoms with E-state index in [1.807, 2.05) is 13.1 Å². The van der Waals surface area contributed by atoms with Crippen LogP contribution in [-0.4, -0.2) is 36.4 Å². The SMILES string of the molecule is Cc1cc(C2CNC2)c(B2OC(C)(C)C(C)(C)O2)cn1. The number of aromatic nitrogens is 1. The second-order valence-electron chi connectivity index (χ2n) is 6.90. The van der Waals surface area contributed by atoms with Crippen molar-refractivity contribution in [1.29, 1.82) is 0 Å². The molecular formula is C15H23BN2O2. The van der Waals surface area contributed by atoms with E-state index < -0.39 is 0 Å². The van der Waals surface area contributed by atoms with Crippen molar-refractivity contribution >= 4 is 12.6 Å². The fraction of sp³-hybridized carbons (Fsp3) is 0.667. The van der Waals surface area contributed by atoms with E-state index in [0.29, 0.717) is 5.92 Å². The first-order valence-electron chi connectivity index (χ1n) is 7.33. The van der Waals surface area contributed by atoms with Crippen LogP contribution in [0.25, 0.3) is 0 Å². The van der Waals surface area contributed by atoms with Gasteiger partial charge >= 0.3 is 7.12 Å². The molecule has 0 saturated carbocycles. The lowest BCUT2D eigenvalue weighted by Crippen LogP contribution is -2.46. The molecule has 2 aliphatic rings. The minimum Gasteiger partial charge on any atom is -0.399 e. The van der Waals surface area contributed by atoms with Crippen molar-refractivity contribution < 1.29 is 9.31 Å². The molecule has 4 nitrogen and oxygen atoms in total. The van der Waals surface area contributed by atoms with Crippen LogP contribution in [0.5, 0.6) is 0 Å². The molecule has 3 rings (SSSR count). The summed E-state index contributed by atoms with van der Waals surface area (Å²) < 4.78 is 12.3. The number of aryl methyl sites for hydroxylation is 1. The quantitative estimate of drug-likeness (QED) is 0.827. The first-order chi connectivity index (χ1) is 9.30. The van der Waals surface area contributed by atoms with Crippen LogP contribution < -0.4 is 10.8 Å². The summed E-state index contributed by atoms with van der Waals surface area (Å²) >= 11 is 0. The van der Waals surface area contributed by atoms with Crippen LogP contribution in [0.15, 0.2) is 12.3 Å². The highest BCUT2D eigenvalue weighted by atomic mass is 16.7. The molecule has 0 bridgehead atoms. The van der Waals surface area contributed by atoms with E-state index in [1.54, 1.807) is 0 Å². The Kier molecular flexibility index (Phi) is 3.20. The van der Waals surface area contributed by atoms with Crippen molar-refractivity contribution in [2.45, 2.75) is 51.7 Å². The van der Waals surface area contributed by atoms with Gasteiger partial charge in [-0.1, -0.05) is 0 Å². The van der Waals surface area contributed by atoms with Crippen LogP contribution in [0, 0.1) is 6.92 Å². The molecule has 2 aliphatic heterocycles. The van der Waals surface area contributed by atoms with Gasteiger partial charge in [0.05, 0.1) is 11.2 Å². The van der Waals surface area contributed by atoms with Crippen LogP contribution in [0.1, 0.15) is 44.9 Å². The smallest absolute Gasteiger partial charge is 0.399 e. The van der Waals surface area contributed by atoms with Crippen molar-refractivity contribution in [3.05, 3.63) is 23.5 Å². The number of hydrogen-bond donors (Lipinski definition) is 1. The Labute approximate surface area is 121 Å². The molecule has 0 spiro atoms. The van der Waals surface area contributed by atoms with Gasteiger partial charge in [0.1, 0.15) is 0 Å². The lowest BCUT2D eigenvalue weighted by Gasteiger charge is -2.32. The molecule has 108 valence electrons. The van der Waals surface area contributed by atoms with Gasteiger partial charge in [-0.3, -0.25) is 4.98 Å². The first kappa shape index (κ1) is 14.0. The van der Waals surface area contributed by atoms with Gasteiger partial charge < -0.3 is 14.6 Å². The van der Waals surface area contributed by atoms with E-state index in [0.717, 1.165) is 24.2 Å². The van der Waals surface area contributed by atoms with Crippen molar-refractivity contribution in [1.82, 2.24) is 10.3 Å². The highest BCUT2D eigenvalue weighted by Gasteiger charge is 2.52. The van der Waals surface area contributed by atoms with E-state index in [-0.39, 0.29) is 18.3 Å². The summed E-state index contributed by atoms with van der Waals surface area (Å²) in [5.74, 6) is 0.547. The topological polar surface area (TPSA) is 43.4 Å². The van der Waals surface area contributed by atoms with E-state index in [1.165, 1.54) is 5.56 Å². The number of pyridine rings is 1. The van der Waals surface area contributed by atoms with Crippen molar-refractivity contribution in [2.75, 3.05) is 13.1 Å². The van der Waals surface area contributed by atoms with Gasteiger partial charge in [0.2, 0.25) is 0 Å². The molecule has 3 heterocycles. The average Bonchev–Trinajstić information content (AvgIpc) is 2.45. The predicted octanol–water partition coefficient (Wildman–Crippen LogP) is 1.38. The van der Waals surface area contributed by atoms with E-state index in [4.69, 9.17) is 9.31 Å². The van der Waals surface area contributed by atoms with Crippen LogP contribution in [-0.2, 0) is 9.31 Å². The number of rotatable bonds is 2. The zero-order valence-electron chi connectivity index (χ0n) is 13.0. The van der Waals surface area contributed by atoms with Gasteiger partial charge in [0.25, 0.3) is 0 Å². The van der Waals surface area contributed by atoms with Crippen LogP contribution in [0.2, 0.25) is 0 Å². The summed E-state index contributed by atoms with van der Waals surface area (Å²) in [6.07, 6.45) is 1.92. The first-order valence-corrected chi connectivity index (χ1v) is 7.33. The van der Waals surface area contributed by atoms with Crippen LogP contribution in [0.4, 0.5) is 0 Å². The van der Waals surface area contributed by atoms with Crippen molar-refractivity contribution in [3.8, 4) is 0 Å². The molecule has 20 heavy (non-hydrogen) atoms. The Bertz CT molecular complexity index is 511. The molecule has 1 aromatic rings. The van der Waals surface area contributed by atoms with E-state index in [2.05, 4.69) is 44.1 Å². The summed E-state index contributed by atoms with van der Waals surface area (Å²) in [5, 5.41) is 3.33. The average molecular weight is 274 g/mol. The molecule has 0 aromatic carbocycles. The zero-order valence-corrected chi connectivity index (χ0v) is 13.0. The third-order valence-corrected chi connectivity index (χ3v) is 4.83. The van der Waals surface area contributed by atoms with Gasteiger partial charge in [-0.25, -0.2) is 0 Å². The minimum atomic E-state index is -0.316. The number of nitrogens with one attached hydrogen (secondary N) is 1. The number of hydrogen-bond acceptors (Lipinski definition) is 4. The second kappa shape index (κ2) is 4.55. The molecule has 1 N–H and O–H groups in total. The highest BCUT2D eigenvalue weighted by Crippen LogP contribution is 2.37. The number of nitrogens with zero attached hydrogens (tertiary/aromatic N) is 1. The third-order valence-electron chi connectivity index (χ3n) is 4.83. The summed E-state index contributed by atoms with van der Waals surface area (Å²) in [7, 11) is -0.316. The second-order valence-corrected chi connectivity index (χ2v) is 6.90. The van der Waals surface area contributed by atoms with Gasteiger partial charge in [-0.15, -0.1) is 0 Å². The Balaban J connectivity index is 1.95. The Morgan fingerprint density at radius 2 is 1.80 bits per heavy atom. The normalized spacial score (nSPS) is 24.8. The molecule has 2 fully saturated rings. The largest absolute Gasteiger partial charge is 0.496 e. The van der Waals surface area contributed by atoms with E-state index >= 15 is 0 Å². The maximum Gasteiger partial charge on any atom is 0.496 e. The van der Waals surface area contributed by atoms with Crippen molar-refractivity contribution in [3.63, 3.8) is 0 Å². The highest BCUT2D eigenvalue weighted by molar-refractivity contribution is 6.62. The molecule has 0 aliphatic carbocycles. The van der Waals surface area contributed by atoms with Gasteiger partial charge in [-0.05, 0) is 46.2 Å². The van der Waals surface area contributed by atoms with Gasteiger partial charge in [0.15, 0.2) is 0 Å². The predicted molar refractivity (Wildman–Crippen MR) is 80.3 cm³/mol. The third kappa shape index (κ3) is 2.18. The standard InChI is InChI=1S/C15H23BN2O2/c1-10-6-12(11-7-17-8-11)13(9-18-10)16-19-14(2,3)15(4,5)20-16/h6,9,11,17H,7-8H2,1-5H3. The Morgan fingerprint density at radius 1 is 1.20 bits per heavy atom. The fourth-order valence-electron chi connectivity index (χ4n) is 2.62. The molecule has 0 atom stereocenters. The maximum atomic E-state index is 6.17. The monoisotopic (exact) mass is 274 g/mol. The summed E-state index contributed by atoms with van der Waals surface area (Å²) in [6.45, 7) is 12.4. The molecule has 0 amide bonds. The van der Waals surface area contributed by atoms with Gasteiger partial charge in [0, 0.05) is 36.4 Å². The lowest BCUT2D eigenvalue weighted by atomic mass is 9.73. The Morgan fingerprint density at radius 3 is 2.30 bits per heavy atom. The molecule has 1 aromatic heterocycles. The maximum absolute atomic E-state index is 6.17. The molecule has 5 heteroatoms. The van der Waals surface area contributed by atoms with E-state index in [9.17, 15) is 0 Å².